The van der Waals surface area contributed by atoms with E-state index in [9.17, 15) is 14.4 Å². The monoisotopic (exact) mass is 961 g/mol. The SMILES string of the molecule is CCCCCCCCCCCCCCCCCCCCCCCCCCCCCCCCCCCCC(=O)OCC(COC(=O)CCCCCCCCCC)OC(=O)CCCCCCCCCC. The van der Waals surface area contributed by atoms with E-state index in [1.165, 1.54) is 263 Å². The fourth-order valence-electron chi connectivity index (χ4n) is 9.68. The highest BCUT2D eigenvalue weighted by atomic mass is 16.6. The molecule has 0 aliphatic rings. The molecule has 0 N–H and O–H groups in total. The van der Waals surface area contributed by atoms with Gasteiger partial charge >= 0.3 is 17.9 Å². The Balaban J connectivity index is 3.78. The molecule has 68 heavy (non-hydrogen) atoms. The molecule has 6 nitrogen and oxygen atoms in total. The van der Waals surface area contributed by atoms with E-state index in [1.807, 2.05) is 0 Å². The number of unbranched alkanes of at least 4 members (excludes halogenated alkanes) is 47. The van der Waals surface area contributed by atoms with Crippen LogP contribution in [0.4, 0.5) is 0 Å². The van der Waals surface area contributed by atoms with E-state index in [4.69, 9.17) is 14.2 Å². The van der Waals surface area contributed by atoms with Crippen LogP contribution in [-0.2, 0) is 28.6 Å². The van der Waals surface area contributed by atoms with Gasteiger partial charge in [-0.1, -0.05) is 323 Å². The molecule has 0 aliphatic heterocycles. The van der Waals surface area contributed by atoms with Gasteiger partial charge in [-0.05, 0) is 19.3 Å². The van der Waals surface area contributed by atoms with Gasteiger partial charge in [-0.2, -0.15) is 0 Å². The van der Waals surface area contributed by atoms with E-state index in [0.29, 0.717) is 19.3 Å². The maximum Gasteiger partial charge on any atom is 0.306 e. The van der Waals surface area contributed by atoms with Gasteiger partial charge in [0.25, 0.3) is 0 Å². The lowest BCUT2D eigenvalue weighted by molar-refractivity contribution is -0.167. The van der Waals surface area contributed by atoms with Crippen LogP contribution < -0.4 is 0 Å². The number of hydrogen-bond acceptors (Lipinski definition) is 6. The van der Waals surface area contributed by atoms with Crippen LogP contribution in [0.1, 0.15) is 361 Å². The van der Waals surface area contributed by atoms with Gasteiger partial charge in [-0.15, -0.1) is 0 Å². The number of rotatable bonds is 58. The highest BCUT2D eigenvalue weighted by molar-refractivity contribution is 5.71. The van der Waals surface area contributed by atoms with E-state index >= 15 is 0 Å². The second-order valence-electron chi connectivity index (χ2n) is 21.3. The average Bonchev–Trinajstić information content (AvgIpc) is 3.34. The zero-order valence-corrected chi connectivity index (χ0v) is 46.4. The van der Waals surface area contributed by atoms with Crippen LogP contribution in [0.5, 0.6) is 0 Å². The van der Waals surface area contributed by atoms with E-state index in [2.05, 4.69) is 20.8 Å². The fraction of sp³-hybridized carbons (Fsp3) is 0.952. The molecule has 0 heterocycles. The summed E-state index contributed by atoms with van der Waals surface area (Å²) in [6.07, 6.45) is 66.1. The van der Waals surface area contributed by atoms with Crippen molar-refractivity contribution >= 4 is 17.9 Å². The Labute approximate surface area is 425 Å². The Bertz CT molecular complexity index is 1010. The van der Waals surface area contributed by atoms with Gasteiger partial charge in [0.05, 0.1) is 0 Å². The van der Waals surface area contributed by atoms with Crippen LogP contribution in [0.3, 0.4) is 0 Å². The molecule has 404 valence electrons. The summed E-state index contributed by atoms with van der Waals surface area (Å²) in [7, 11) is 0. The van der Waals surface area contributed by atoms with Crippen molar-refractivity contribution in [3.8, 4) is 0 Å². The third-order valence-corrected chi connectivity index (χ3v) is 14.4. The number of ether oxygens (including phenoxy) is 3. The molecule has 0 amide bonds. The van der Waals surface area contributed by atoms with Crippen molar-refractivity contribution in [2.45, 2.75) is 367 Å². The Hall–Kier alpha value is -1.59. The molecule has 0 spiro atoms. The normalized spacial score (nSPS) is 11.9. The number of hydrogen-bond donors (Lipinski definition) is 0. The molecule has 0 saturated carbocycles. The predicted octanol–water partition coefficient (Wildman–Crippen LogP) is 20.7. The third-order valence-electron chi connectivity index (χ3n) is 14.4. The molecule has 0 aromatic rings. The summed E-state index contributed by atoms with van der Waals surface area (Å²) in [6, 6.07) is 0. The van der Waals surface area contributed by atoms with Crippen LogP contribution in [0, 0.1) is 0 Å². The molecule has 0 aromatic carbocycles. The summed E-state index contributed by atoms with van der Waals surface area (Å²) in [4.78, 5) is 37.8. The first-order valence-electron chi connectivity index (χ1n) is 31.0. The lowest BCUT2D eigenvalue weighted by Crippen LogP contribution is -2.30. The van der Waals surface area contributed by atoms with Gasteiger partial charge in [0.2, 0.25) is 0 Å². The minimum absolute atomic E-state index is 0.0628. The summed E-state index contributed by atoms with van der Waals surface area (Å²) in [5, 5.41) is 0. The molecular weight excluding hydrogens is 841 g/mol. The smallest absolute Gasteiger partial charge is 0.306 e. The van der Waals surface area contributed by atoms with Gasteiger partial charge in [0.1, 0.15) is 13.2 Å². The van der Waals surface area contributed by atoms with E-state index in [-0.39, 0.29) is 31.1 Å². The summed E-state index contributed by atoms with van der Waals surface area (Å²) in [5.41, 5.74) is 0. The van der Waals surface area contributed by atoms with Gasteiger partial charge in [-0.3, -0.25) is 14.4 Å². The van der Waals surface area contributed by atoms with E-state index < -0.39 is 6.10 Å². The first-order chi connectivity index (χ1) is 33.5. The Morgan fingerprint density at radius 2 is 0.397 bits per heavy atom. The quantitative estimate of drug-likeness (QED) is 0.0343. The van der Waals surface area contributed by atoms with Gasteiger partial charge in [-0.25, -0.2) is 0 Å². The van der Waals surface area contributed by atoms with Crippen molar-refractivity contribution in [3.05, 3.63) is 0 Å². The lowest BCUT2D eigenvalue weighted by atomic mass is 10.0. The Morgan fingerprint density at radius 3 is 0.588 bits per heavy atom. The number of esters is 3. The number of carbonyl (C=O) groups is 3. The standard InChI is InChI=1S/C62H120O6/c1-4-7-10-13-16-19-20-21-22-23-24-25-26-27-28-29-30-31-32-33-34-35-36-37-38-39-40-41-42-43-44-47-49-52-55-61(64)67-58-59(68-62(65)56-53-50-46-18-15-12-9-6-3)57-66-60(63)54-51-48-45-17-14-11-8-5-2/h59H,4-58H2,1-3H3. The lowest BCUT2D eigenvalue weighted by Gasteiger charge is -2.18. The second kappa shape index (κ2) is 58.0. The minimum Gasteiger partial charge on any atom is -0.462 e. The maximum absolute atomic E-state index is 12.7. The van der Waals surface area contributed by atoms with Crippen LogP contribution in [0.2, 0.25) is 0 Å². The third kappa shape index (κ3) is 55.3. The summed E-state index contributed by atoms with van der Waals surface area (Å²) in [5.74, 6) is -0.851. The molecule has 0 aliphatic carbocycles. The number of carbonyl (C=O) groups excluding carboxylic acids is 3. The molecular formula is C62H120O6. The van der Waals surface area contributed by atoms with Crippen molar-refractivity contribution in [3.63, 3.8) is 0 Å². The Morgan fingerprint density at radius 1 is 0.235 bits per heavy atom. The molecule has 0 bridgehead atoms. The van der Waals surface area contributed by atoms with E-state index in [0.717, 1.165) is 57.8 Å². The Kier molecular flexibility index (Phi) is 56.6. The molecule has 1 unspecified atom stereocenters. The van der Waals surface area contributed by atoms with Crippen molar-refractivity contribution in [1.29, 1.82) is 0 Å². The molecule has 0 saturated heterocycles. The van der Waals surface area contributed by atoms with Crippen molar-refractivity contribution in [2.24, 2.45) is 0 Å². The zero-order valence-electron chi connectivity index (χ0n) is 46.4. The zero-order chi connectivity index (χ0) is 49.3. The summed E-state index contributed by atoms with van der Waals surface area (Å²) >= 11 is 0. The first kappa shape index (κ1) is 66.4. The molecule has 6 heteroatoms. The summed E-state index contributed by atoms with van der Waals surface area (Å²) in [6.45, 7) is 6.63. The van der Waals surface area contributed by atoms with Gasteiger partial charge in [0, 0.05) is 19.3 Å². The van der Waals surface area contributed by atoms with Gasteiger partial charge in [0.15, 0.2) is 6.10 Å². The molecule has 0 aromatic heterocycles. The van der Waals surface area contributed by atoms with E-state index in [1.54, 1.807) is 0 Å². The van der Waals surface area contributed by atoms with Crippen LogP contribution >= 0.6 is 0 Å². The highest BCUT2D eigenvalue weighted by Crippen LogP contribution is 2.18. The molecule has 0 rings (SSSR count). The van der Waals surface area contributed by atoms with Crippen molar-refractivity contribution < 1.29 is 28.6 Å². The van der Waals surface area contributed by atoms with Crippen LogP contribution in [0.15, 0.2) is 0 Å². The average molecular weight is 962 g/mol. The largest absolute Gasteiger partial charge is 0.462 e. The minimum atomic E-state index is -0.758. The van der Waals surface area contributed by atoms with Crippen LogP contribution in [0.25, 0.3) is 0 Å². The molecule has 1 atom stereocenters. The van der Waals surface area contributed by atoms with Crippen LogP contribution in [-0.4, -0.2) is 37.2 Å². The molecule has 0 radical (unpaired) electrons. The first-order valence-corrected chi connectivity index (χ1v) is 31.0. The highest BCUT2D eigenvalue weighted by Gasteiger charge is 2.19. The predicted molar refractivity (Wildman–Crippen MR) is 294 cm³/mol. The van der Waals surface area contributed by atoms with Gasteiger partial charge < -0.3 is 14.2 Å². The van der Waals surface area contributed by atoms with Crippen molar-refractivity contribution in [1.82, 2.24) is 0 Å². The maximum atomic E-state index is 12.7. The fourth-order valence-corrected chi connectivity index (χ4v) is 9.68. The second-order valence-corrected chi connectivity index (χ2v) is 21.3. The van der Waals surface area contributed by atoms with Crippen molar-refractivity contribution in [2.75, 3.05) is 13.2 Å². The topological polar surface area (TPSA) is 78.9 Å². The molecule has 0 fully saturated rings. The summed E-state index contributed by atoms with van der Waals surface area (Å²) < 4.78 is 16.7.